The molecule has 5 rings (SSSR count). The third kappa shape index (κ3) is 3.46. The maximum Gasteiger partial charge on any atom is 0.230 e. The van der Waals surface area contributed by atoms with Gasteiger partial charge in [-0.3, -0.25) is 4.79 Å². The quantitative estimate of drug-likeness (QED) is 0.573. The lowest BCUT2D eigenvalue weighted by Crippen LogP contribution is -2.45. The Kier molecular flexibility index (Phi) is 5.12. The second-order valence-corrected chi connectivity index (χ2v) is 9.61. The number of fused-ring (bicyclic) bond motifs is 2. The van der Waals surface area contributed by atoms with E-state index in [-0.39, 0.29) is 17.5 Å². The predicted molar refractivity (Wildman–Crippen MR) is 119 cm³/mol. The van der Waals surface area contributed by atoms with E-state index < -0.39 is 11.6 Å². The van der Waals surface area contributed by atoms with E-state index in [9.17, 15) is 13.6 Å². The smallest absolute Gasteiger partial charge is 0.230 e. The van der Waals surface area contributed by atoms with Gasteiger partial charge in [0.15, 0.2) is 0 Å². The standard InChI is InChI=1S/C23H24F2N4OS/c1-13-14(2)31-22-19(13)21(26-12-27-22)28-8-5-15(6-9-28)23(30)29-7-3-4-16-10-17(24)11-18(25)20(16)29/h10-12,15H,3-9H2,1-2H3. The van der Waals surface area contributed by atoms with Gasteiger partial charge in [0.05, 0.1) is 11.1 Å². The highest BCUT2D eigenvalue weighted by atomic mass is 32.1. The number of rotatable bonds is 2. The molecule has 1 saturated heterocycles. The molecule has 0 N–H and O–H groups in total. The Morgan fingerprint density at radius 1 is 1.13 bits per heavy atom. The van der Waals surface area contributed by atoms with Crippen LogP contribution in [0.1, 0.15) is 35.3 Å². The Labute approximate surface area is 183 Å². The summed E-state index contributed by atoms with van der Waals surface area (Å²) in [6, 6.07) is 2.23. The molecule has 0 unspecified atom stereocenters. The highest BCUT2D eigenvalue weighted by Gasteiger charge is 2.34. The summed E-state index contributed by atoms with van der Waals surface area (Å²) >= 11 is 1.68. The van der Waals surface area contributed by atoms with Crippen LogP contribution in [0.4, 0.5) is 20.3 Å². The van der Waals surface area contributed by atoms with Crippen LogP contribution >= 0.6 is 11.3 Å². The molecule has 5 nitrogen and oxygen atoms in total. The molecule has 0 spiro atoms. The topological polar surface area (TPSA) is 49.3 Å². The SMILES string of the molecule is Cc1sc2ncnc(N3CCC(C(=O)N4CCCc5cc(F)cc(F)c54)CC3)c2c1C. The number of anilines is 2. The summed E-state index contributed by atoms with van der Waals surface area (Å²) in [7, 11) is 0. The highest BCUT2D eigenvalue weighted by Crippen LogP contribution is 2.37. The van der Waals surface area contributed by atoms with Gasteiger partial charge in [0.2, 0.25) is 5.91 Å². The first-order valence-corrected chi connectivity index (χ1v) is 11.5. The van der Waals surface area contributed by atoms with Gasteiger partial charge < -0.3 is 9.80 Å². The fourth-order valence-electron chi connectivity index (χ4n) is 4.83. The zero-order chi connectivity index (χ0) is 21.7. The number of nitrogens with zero attached hydrogens (tertiary/aromatic N) is 4. The zero-order valence-electron chi connectivity index (χ0n) is 17.6. The number of amides is 1. The van der Waals surface area contributed by atoms with Gasteiger partial charge in [0.1, 0.15) is 28.6 Å². The van der Waals surface area contributed by atoms with Crippen LogP contribution in [0.3, 0.4) is 0 Å². The first-order valence-electron chi connectivity index (χ1n) is 10.7. The molecule has 4 heterocycles. The van der Waals surface area contributed by atoms with Crippen molar-refractivity contribution < 1.29 is 13.6 Å². The Balaban J connectivity index is 1.35. The van der Waals surface area contributed by atoms with Crippen LogP contribution < -0.4 is 9.80 Å². The largest absolute Gasteiger partial charge is 0.356 e. The zero-order valence-corrected chi connectivity index (χ0v) is 18.4. The van der Waals surface area contributed by atoms with Crippen molar-refractivity contribution in [3.05, 3.63) is 46.1 Å². The van der Waals surface area contributed by atoms with E-state index >= 15 is 0 Å². The van der Waals surface area contributed by atoms with Crippen LogP contribution in [0.25, 0.3) is 10.2 Å². The Morgan fingerprint density at radius 3 is 2.68 bits per heavy atom. The van der Waals surface area contributed by atoms with E-state index in [1.165, 1.54) is 16.5 Å². The van der Waals surface area contributed by atoms with Gasteiger partial charge in [-0.2, -0.15) is 0 Å². The molecule has 0 bridgehead atoms. The maximum atomic E-state index is 14.5. The third-order valence-corrected chi connectivity index (χ3v) is 7.68. The lowest BCUT2D eigenvalue weighted by Gasteiger charge is -2.37. The molecule has 0 aliphatic carbocycles. The molecule has 3 aromatic rings. The van der Waals surface area contributed by atoms with Gasteiger partial charge in [0.25, 0.3) is 0 Å². The van der Waals surface area contributed by atoms with Crippen molar-refractivity contribution >= 4 is 39.0 Å². The van der Waals surface area contributed by atoms with E-state index in [1.807, 2.05) is 0 Å². The van der Waals surface area contributed by atoms with Crippen molar-refractivity contribution in [2.75, 3.05) is 29.4 Å². The first-order chi connectivity index (χ1) is 14.9. The van der Waals surface area contributed by atoms with E-state index in [2.05, 4.69) is 28.7 Å². The fourth-order valence-corrected chi connectivity index (χ4v) is 5.83. The van der Waals surface area contributed by atoms with Crippen LogP contribution in [0.5, 0.6) is 0 Å². The molecule has 0 atom stereocenters. The van der Waals surface area contributed by atoms with Crippen molar-refractivity contribution in [1.82, 2.24) is 9.97 Å². The number of hydrogen-bond acceptors (Lipinski definition) is 5. The van der Waals surface area contributed by atoms with E-state index in [0.29, 0.717) is 44.5 Å². The molecule has 1 amide bonds. The fraction of sp³-hybridized carbons (Fsp3) is 0.435. The monoisotopic (exact) mass is 442 g/mol. The number of piperidine rings is 1. The van der Waals surface area contributed by atoms with Gasteiger partial charge in [0, 0.05) is 36.5 Å². The molecule has 31 heavy (non-hydrogen) atoms. The normalized spacial score (nSPS) is 17.3. The summed E-state index contributed by atoms with van der Waals surface area (Å²) in [6.45, 7) is 6.10. The van der Waals surface area contributed by atoms with E-state index in [4.69, 9.17) is 0 Å². The molecule has 1 fully saturated rings. The molecular weight excluding hydrogens is 418 g/mol. The minimum absolute atomic E-state index is 0.0542. The Bertz CT molecular complexity index is 1170. The summed E-state index contributed by atoms with van der Waals surface area (Å²) < 4.78 is 28.2. The van der Waals surface area contributed by atoms with Gasteiger partial charge >= 0.3 is 0 Å². The van der Waals surface area contributed by atoms with Gasteiger partial charge in [-0.25, -0.2) is 18.7 Å². The van der Waals surface area contributed by atoms with Crippen LogP contribution in [-0.4, -0.2) is 35.5 Å². The van der Waals surface area contributed by atoms with Crippen molar-refractivity contribution in [2.24, 2.45) is 5.92 Å². The molecule has 8 heteroatoms. The highest BCUT2D eigenvalue weighted by molar-refractivity contribution is 7.18. The lowest BCUT2D eigenvalue weighted by molar-refractivity contribution is -0.123. The number of benzene rings is 1. The summed E-state index contributed by atoms with van der Waals surface area (Å²) in [5.74, 6) is -0.528. The second-order valence-electron chi connectivity index (χ2n) is 8.41. The predicted octanol–water partition coefficient (Wildman–Crippen LogP) is 4.78. The second kappa shape index (κ2) is 7.82. The molecule has 2 aliphatic rings. The van der Waals surface area contributed by atoms with Crippen molar-refractivity contribution in [3.63, 3.8) is 0 Å². The average Bonchev–Trinajstić information content (AvgIpc) is 3.06. The number of thiophene rings is 1. The van der Waals surface area contributed by atoms with E-state index in [1.54, 1.807) is 22.6 Å². The first kappa shape index (κ1) is 20.3. The molecule has 0 radical (unpaired) electrons. The lowest BCUT2D eigenvalue weighted by atomic mass is 9.92. The summed E-state index contributed by atoms with van der Waals surface area (Å²) in [4.78, 5) is 28.3. The van der Waals surface area contributed by atoms with Crippen molar-refractivity contribution in [2.45, 2.75) is 39.5 Å². The van der Waals surface area contributed by atoms with Crippen molar-refractivity contribution in [3.8, 4) is 0 Å². The average molecular weight is 443 g/mol. The maximum absolute atomic E-state index is 14.5. The Hall–Kier alpha value is -2.61. The van der Waals surface area contributed by atoms with Crippen LogP contribution in [-0.2, 0) is 11.2 Å². The van der Waals surface area contributed by atoms with Crippen LogP contribution in [0, 0.1) is 31.4 Å². The number of carbonyl (C=O) groups excluding carboxylic acids is 1. The molecule has 1 aromatic carbocycles. The van der Waals surface area contributed by atoms with Crippen LogP contribution in [0.2, 0.25) is 0 Å². The number of aromatic nitrogens is 2. The molecular formula is C23H24F2N4OS. The minimum Gasteiger partial charge on any atom is -0.356 e. The van der Waals surface area contributed by atoms with Gasteiger partial charge in [-0.1, -0.05) is 0 Å². The summed E-state index contributed by atoms with van der Waals surface area (Å²) in [5, 5.41) is 1.10. The summed E-state index contributed by atoms with van der Waals surface area (Å²) in [5.41, 5.74) is 2.06. The summed E-state index contributed by atoms with van der Waals surface area (Å²) in [6.07, 6.45) is 4.28. The molecule has 162 valence electrons. The molecule has 2 aliphatic heterocycles. The Morgan fingerprint density at radius 2 is 1.90 bits per heavy atom. The number of hydrogen-bond donors (Lipinski definition) is 0. The van der Waals surface area contributed by atoms with Gasteiger partial charge in [-0.05, 0) is 56.7 Å². The third-order valence-electron chi connectivity index (χ3n) is 6.56. The number of carbonyl (C=O) groups is 1. The minimum atomic E-state index is -0.646. The molecule has 2 aromatic heterocycles. The van der Waals surface area contributed by atoms with Gasteiger partial charge in [-0.15, -0.1) is 11.3 Å². The number of aryl methyl sites for hydroxylation is 3. The van der Waals surface area contributed by atoms with Crippen molar-refractivity contribution in [1.29, 1.82) is 0 Å². The number of halogens is 2. The molecule has 0 saturated carbocycles. The van der Waals surface area contributed by atoms with E-state index in [0.717, 1.165) is 28.5 Å². The van der Waals surface area contributed by atoms with Crippen LogP contribution in [0.15, 0.2) is 18.5 Å².